The minimum atomic E-state index is 0.336. The molecule has 3 N–H and O–H groups in total. The summed E-state index contributed by atoms with van der Waals surface area (Å²) in [5.74, 6) is 9.44. The molecule has 0 spiro atoms. The minimum Gasteiger partial charge on any atom is -0.381 e. The molecule has 0 saturated carbocycles. The molecule has 6 heteroatoms. The average molecular weight is 238 g/mol. The van der Waals surface area contributed by atoms with Crippen LogP contribution >= 0.6 is 11.8 Å². The summed E-state index contributed by atoms with van der Waals surface area (Å²) < 4.78 is 5.37. The first-order valence-corrected chi connectivity index (χ1v) is 6.55. The van der Waals surface area contributed by atoms with Crippen molar-refractivity contribution in [1.29, 1.82) is 0 Å². The van der Waals surface area contributed by atoms with E-state index in [1.807, 2.05) is 11.8 Å². The van der Waals surface area contributed by atoms with Crippen LogP contribution in [0.4, 0.5) is 5.82 Å². The number of hydrazine groups is 1. The molecule has 3 rings (SSSR count). The van der Waals surface area contributed by atoms with Crippen LogP contribution in [-0.2, 0) is 16.2 Å². The Morgan fingerprint density at radius 1 is 1.38 bits per heavy atom. The zero-order chi connectivity index (χ0) is 11.0. The lowest BCUT2D eigenvalue weighted by molar-refractivity contribution is 0.193. The van der Waals surface area contributed by atoms with Gasteiger partial charge < -0.3 is 10.2 Å². The van der Waals surface area contributed by atoms with E-state index in [9.17, 15) is 0 Å². The number of hydrogen-bond acceptors (Lipinski definition) is 6. The molecule has 2 aliphatic heterocycles. The number of nitrogens with two attached hydrogens (primary N) is 1. The van der Waals surface area contributed by atoms with E-state index >= 15 is 0 Å². The third-order valence-corrected chi connectivity index (χ3v) is 4.00. The van der Waals surface area contributed by atoms with Crippen molar-refractivity contribution in [1.82, 2.24) is 9.97 Å². The summed E-state index contributed by atoms with van der Waals surface area (Å²) >= 11 is 1.85. The molecule has 0 amide bonds. The Labute approximate surface area is 98.1 Å². The van der Waals surface area contributed by atoms with Gasteiger partial charge in [0.15, 0.2) is 0 Å². The molecule has 1 aromatic heterocycles. The number of thioether (sulfide) groups is 1. The molecular weight excluding hydrogens is 224 g/mol. The van der Waals surface area contributed by atoms with Crippen LogP contribution in [0.25, 0.3) is 0 Å². The zero-order valence-electron chi connectivity index (χ0n) is 8.90. The lowest BCUT2D eigenvalue weighted by atomic mass is 10.1. The van der Waals surface area contributed by atoms with Gasteiger partial charge in [0.25, 0.3) is 0 Å². The van der Waals surface area contributed by atoms with Gasteiger partial charge in [-0.05, 0) is 6.42 Å². The fourth-order valence-corrected chi connectivity index (χ4v) is 3.15. The van der Waals surface area contributed by atoms with Gasteiger partial charge in [0.05, 0.1) is 12.3 Å². The monoisotopic (exact) mass is 238 g/mol. The largest absolute Gasteiger partial charge is 0.381 e. The Bertz CT molecular complexity index is 406. The van der Waals surface area contributed by atoms with Crippen LogP contribution < -0.4 is 11.3 Å². The van der Waals surface area contributed by atoms with E-state index in [1.165, 1.54) is 0 Å². The lowest BCUT2D eigenvalue weighted by Crippen LogP contribution is -2.15. The third-order valence-electron chi connectivity index (χ3n) is 3.03. The molecule has 1 saturated heterocycles. The Kier molecular flexibility index (Phi) is 2.70. The van der Waals surface area contributed by atoms with Gasteiger partial charge in [0.1, 0.15) is 11.6 Å². The molecule has 16 heavy (non-hydrogen) atoms. The quantitative estimate of drug-likeness (QED) is 0.592. The number of fused-ring (bicyclic) bond motifs is 1. The third kappa shape index (κ3) is 1.66. The van der Waals surface area contributed by atoms with Gasteiger partial charge in [0.2, 0.25) is 0 Å². The molecule has 0 bridgehead atoms. The minimum absolute atomic E-state index is 0.336. The number of hydrogen-bond donors (Lipinski definition) is 2. The number of rotatable bonds is 2. The van der Waals surface area contributed by atoms with Gasteiger partial charge in [-0.1, -0.05) is 0 Å². The van der Waals surface area contributed by atoms with Crippen LogP contribution in [-0.4, -0.2) is 23.2 Å². The molecule has 1 unspecified atom stereocenters. The molecule has 1 atom stereocenters. The van der Waals surface area contributed by atoms with Crippen molar-refractivity contribution in [2.75, 3.05) is 18.6 Å². The lowest BCUT2D eigenvalue weighted by Gasteiger charge is -2.11. The summed E-state index contributed by atoms with van der Waals surface area (Å²) in [4.78, 5) is 9.14. The summed E-state index contributed by atoms with van der Waals surface area (Å²) in [5, 5.41) is 0. The standard InChI is InChI=1S/C10H14N4OS/c11-14-10-7-4-16-5-8(7)12-9(13-10)6-1-2-15-3-6/h6H,1-5,11H2,(H,12,13,14). The molecule has 1 aromatic rings. The molecule has 0 radical (unpaired) electrons. The van der Waals surface area contributed by atoms with E-state index in [2.05, 4.69) is 15.4 Å². The average Bonchev–Trinajstić information content (AvgIpc) is 2.97. The Morgan fingerprint density at radius 2 is 2.31 bits per heavy atom. The first-order valence-electron chi connectivity index (χ1n) is 5.40. The highest BCUT2D eigenvalue weighted by Crippen LogP contribution is 2.34. The van der Waals surface area contributed by atoms with Crippen molar-refractivity contribution in [3.05, 3.63) is 17.1 Å². The van der Waals surface area contributed by atoms with Crippen molar-refractivity contribution < 1.29 is 4.74 Å². The van der Waals surface area contributed by atoms with Crippen molar-refractivity contribution >= 4 is 17.6 Å². The van der Waals surface area contributed by atoms with E-state index in [-0.39, 0.29) is 0 Å². The highest BCUT2D eigenvalue weighted by atomic mass is 32.2. The number of nitrogen functional groups attached to an aromatic ring is 1. The fourth-order valence-electron chi connectivity index (χ4n) is 2.11. The Balaban J connectivity index is 2.00. The van der Waals surface area contributed by atoms with E-state index < -0.39 is 0 Å². The van der Waals surface area contributed by atoms with Gasteiger partial charge >= 0.3 is 0 Å². The second-order valence-corrected chi connectivity index (χ2v) is 5.04. The van der Waals surface area contributed by atoms with E-state index in [0.29, 0.717) is 5.92 Å². The highest BCUT2D eigenvalue weighted by molar-refractivity contribution is 7.98. The normalized spacial score (nSPS) is 23.4. The van der Waals surface area contributed by atoms with Gasteiger partial charge in [0, 0.05) is 29.6 Å². The van der Waals surface area contributed by atoms with Gasteiger partial charge in [-0.3, -0.25) is 0 Å². The summed E-state index contributed by atoms with van der Waals surface area (Å²) in [6.45, 7) is 1.54. The fraction of sp³-hybridized carbons (Fsp3) is 0.600. The number of nitrogens with one attached hydrogen (secondary N) is 1. The number of nitrogens with zero attached hydrogens (tertiary/aromatic N) is 2. The molecule has 0 aliphatic carbocycles. The summed E-state index contributed by atoms with van der Waals surface area (Å²) in [6, 6.07) is 0. The second kappa shape index (κ2) is 4.20. The van der Waals surface area contributed by atoms with Crippen LogP contribution in [0.3, 0.4) is 0 Å². The summed E-state index contributed by atoms with van der Waals surface area (Å²) in [5.41, 5.74) is 4.98. The predicted octanol–water partition coefficient (Wildman–Crippen LogP) is 1.01. The van der Waals surface area contributed by atoms with Crippen molar-refractivity contribution in [2.24, 2.45) is 5.84 Å². The second-order valence-electron chi connectivity index (χ2n) is 4.05. The highest BCUT2D eigenvalue weighted by Gasteiger charge is 2.25. The van der Waals surface area contributed by atoms with Crippen molar-refractivity contribution in [2.45, 2.75) is 23.8 Å². The topological polar surface area (TPSA) is 73.1 Å². The first-order chi connectivity index (χ1) is 7.88. The summed E-state index contributed by atoms with van der Waals surface area (Å²) in [6.07, 6.45) is 1.01. The molecular formula is C10H14N4OS. The molecule has 5 nitrogen and oxygen atoms in total. The summed E-state index contributed by atoms with van der Waals surface area (Å²) in [7, 11) is 0. The molecule has 1 fully saturated rings. The van der Waals surface area contributed by atoms with Crippen LogP contribution in [0.1, 0.15) is 29.4 Å². The predicted molar refractivity (Wildman–Crippen MR) is 63.0 cm³/mol. The Morgan fingerprint density at radius 3 is 3.06 bits per heavy atom. The van der Waals surface area contributed by atoms with Gasteiger partial charge in [-0.2, -0.15) is 11.8 Å². The number of ether oxygens (including phenoxy) is 1. The van der Waals surface area contributed by atoms with E-state index in [0.717, 1.165) is 54.0 Å². The van der Waals surface area contributed by atoms with Gasteiger partial charge in [-0.25, -0.2) is 15.8 Å². The molecule has 0 aromatic carbocycles. The zero-order valence-corrected chi connectivity index (χ0v) is 9.72. The van der Waals surface area contributed by atoms with Crippen LogP contribution in [0, 0.1) is 0 Å². The molecule has 3 heterocycles. The SMILES string of the molecule is NNc1nc(C2CCOC2)nc2c1CSC2. The Hall–Kier alpha value is -0.850. The number of aromatic nitrogens is 2. The maximum Gasteiger partial charge on any atom is 0.148 e. The number of anilines is 1. The maximum atomic E-state index is 5.51. The molecule has 2 aliphatic rings. The molecule has 86 valence electrons. The van der Waals surface area contributed by atoms with Crippen molar-refractivity contribution in [3.8, 4) is 0 Å². The maximum absolute atomic E-state index is 5.51. The van der Waals surface area contributed by atoms with Crippen molar-refractivity contribution in [3.63, 3.8) is 0 Å². The van der Waals surface area contributed by atoms with Crippen LogP contribution in [0.15, 0.2) is 0 Å². The van der Waals surface area contributed by atoms with E-state index in [1.54, 1.807) is 0 Å². The van der Waals surface area contributed by atoms with Crippen LogP contribution in [0.5, 0.6) is 0 Å². The van der Waals surface area contributed by atoms with Crippen LogP contribution in [0.2, 0.25) is 0 Å². The van der Waals surface area contributed by atoms with Gasteiger partial charge in [-0.15, -0.1) is 0 Å². The first kappa shape index (κ1) is 10.3. The van der Waals surface area contributed by atoms with E-state index in [4.69, 9.17) is 10.6 Å². The smallest absolute Gasteiger partial charge is 0.148 e.